The normalized spacial score (nSPS) is 15.7. The Bertz CT molecular complexity index is 2150. The molecule has 19 heteroatoms. The molecule has 3 aliphatic rings. The Morgan fingerprint density at radius 3 is 2.25 bits per heavy atom. The number of halogens is 8. The van der Waals surface area contributed by atoms with Gasteiger partial charge in [0.2, 0.25) is 5.95 Å². The first-order valence-electron chi connectivity index (χ1n) is 14.9. The summed E-state index contributed by atoms with van der Waals surface area (Å²) >= 11 is 3.34. The summed E-state index contributed by atoms with van der Waals surface area (Å²) in [5.41, 5.74) is -2.29. The molecule has 0 radical (unpaired) electrons. The van der Waals surface area contributed by atoms with Crippen LogP contribution >= 0.6 is 15.9 Å². The standard InChI is InChI=1S/C32H20BrF7N8O3/c33-21-11-22(34)23(45-28(49)24-8-16(1-3-41-24)31(35,36)37)10-19(21)20-7-15-12-44-30(46-26(15)47-6-5-43-27(20)47)48(18-13-51-14-18)29(50)25-9-17(2-4-42-25)32(38,39)40/h1-4,7-12,18H,5-6,13-14H2,(H,45,49). The molecule has 1 fully saturated rings. The molecule has 0 saturated carbocycles. The van der Waals surface area contributed by atoms with Crippen molar-refractivity contribution >= 4 is 62.7 Å². The lowest BCUT2D eigenvalue weighted by Crippen LogP contribution is -2.53. The van der Waals surface area contributed by atoms with Crippen LogP contribution in [0.3, 0.4) is 0 Å². The molecular weight excluding hydrogens is 757 g/mol. The molecule has 1 saturated heterocycles. The minimum Gasteiger partial charge on any atom is -0.377 e. The number of aliphatic imine (C=N–C) groups is 1. The van der Waals surface area contributed by atoms with E-state index in [0.717, 1.165) is 29.4 Å². The van der Waals surface area contributed by atoms with Crippen LogP contribution in [0.5, 0.6) is 0 Å². The van der Waals surface area contributed by atoms with E-state index in [9.17, 15) is 35.9 Å². The first kappa shape index (κ1) is 34.2. The van der Waals surface area contributed by atoms with Crippen molar-refractivity contribution < 1.29 is 45.1 Å². The van der Waals surface area contributed by atoms with Crippen LogP contribution < -0.4 is 15.1 Å². The molecule has 4 aromatic rings. The molecular formula is C32H20BrF7N8O3. The molecule has 0 aliphatic carbocycles. The average Bonchev–Trinajstić information content (AvgIpc) is 3.57. The second-order valence-corrected chi connectivity index (χ2v) is 12.2. The van der Waals surface area contributed by atoms with Crippen molar-refractivity contribution in [3.8, 4) is 0 Å². The van der Waals surface area contributed by atoms with Gasteiger partial charge < -0.3 is 15.0 Å². The van der Waals surface area contributed by atoms with E-state index in [1.165, 1.54) is 12.3 Å². The molecule has 0 spiro atoms. The maximum Gasteiger partial charge on any atom is 0.416 e. The number of nitrogens with one attached hydrogen (secondary N) is 1. The fraction of sp³-hybridized carbons (Fsp3) is 0.219. The predicted octanol–water partition coefficient (Wildman–Crippen LogP) is 6.28. The molecule has 7 rings (SSSR count). The van der Waals surface area contributed by atoms with Crippen molar-refractivity contribution in [2.24, 2.45) is 4.99 Å². The van der Waals surface area contributed by atoms with Gasteiger partial charge in [0, 0.05) is 46.3 Å². The van der Waals surface area contributed by atoms with Crippen molar-refractivity contribution in [3.05, 3.63) is 98.9 Å². The third-order valence-corrected chi connectivity index (χ3v) is 8.72. The van der Waals surface area contributed by atoms with Gasteiger partial charge in [0.25, 0.3) is 11.8 Å². The van der Waals surface area contributed by atoms with Gasteiger partial charge >= 0.3 is 12.4 Å². The largest absolute Gasteiger partial charge is 0.416 e. The highest BCUT2D eigenvalue weighted by atomic mass is 79.9. The predicted molar refractivity (Wildman–Crippen MR) is 171 cm³/mol. The summed E-state index contributed by atoms with van der Waals surface area (Å²) in [7, 11) is 0. The Kier molecular flexibility index (Phi) is 8.57. The molecule has 6 heterocycles. The summed E-state index contributed by atoms with van der Waals surface area (Å²) in [6, 6.07) is 4.44. The van der Waals surface area contributed by atoms with Gasteiger partial charge in [0.05, 0.1) is 42.6 Å². The Morgan fingerprint density at radius 2 is 1.61 bits per heavy atom. The number of rotatable bonds is 6. The molecule has 262 valence electrons. The highest BCUT2D eigenvalue weighted by Gasteiger charge is 2.39. The fourth-order valence-corrected chi connectivity index (χ4v) is 6.05. The number of fused-ring (bicyclic) bond motifs is 3. The van der Waals surface area contributed by atoms with Crippen molar-refractivity contribution in [2.45, 2.75) is 18.4 Å². The Balaban J connectivity index is 1.23. The van der Waals surface area contributed by atoms with Crippen molar-refractivity contribution in [3.63, 3.8) is 0 Å². The van der Waals surface area contributed by atoms with Crippen LogP contribution in [0, 0.1) is 5.82 Å². The Morgan fingerprint density at radius 1 is 0.941 bits per heavy atom. The molecule has 1 aromatic carbocycles. The molecule has 0 atom stereocenters. The van der Waals surface area contributed by atoms with Gasteiger partial charge in [-0.3, -0.25) is 29.4 Å². The van der Waals surface area contributed by atoms with Crippen LogP contribution in [0.1, 0.15) is 43.2 Å². The first-order valence-corrected chi connectivity index (χ1v) is 15.7. The third-order valence-electron chi connectivity index (χ3n) is 8.06. The minimum atomic E-state index is -4.73. The number of carbonyl (C=O) groups is 2. The smallest absolute Gasteiger partial charge is 0.377 e. The van der Waals surface area contributed by atoms with E-state index in [4.69, 9.17) is 4.74 Å². The van der Waals surface area contributed by atoms with Crippen molar-refractivity contribution in [1.29, 1.82) is 0 Å². The Hall–Kier alpha value is -5.30. The molecule has 51 heavy (non-hydrogen) atoms. The zero-order valence-electron chi connectivity index (χ0n) is 25.6. The van der Waals surface area contributed by atoms with Gasteiger partial charge in [-0.25, -0.2) is 9.37 Å². The Labute approximate surface area is 291 Å². The van der Waals surface area contributed by atoms with Gasteiger partial charge in [-0.2, -0.15) is 31.3 Å². The van der Waals surface area contributed by atoms with E-state index >= 15 is 4.39 Å². The number of amides is 2. The molecule has 2 amide bonds. The lowest BCUT2D eigenvalue weighted by atomic mass is 9.98. The summed E-state index contributed by atoms with van der Waals surface area (Å²) in [6.07, 6.45) is -4.66. The summed E-state index contributed by atoms with van der Waals surface area (Å²) in [6.45, 7) is 0.817. The van der Waals surface area contributed by atoms with Gasteiger partial charge in [0.1, 0.15) is 28.9 Å². The van der Waals surface area contributed by atoms with Crippen LogP contribution in [0.25, 0.3) is 11.6 Å². The quantitative estimate of drug-likeness (QED) is 0.227. The van der Waals surface area contributed by atoms with Gasteiger partial charge in [-0.05, 0) is 42.5 Å². The van der Waals surface area contributed by atoms with Crippen molar-refractivity contribution in [1.82, 2.24) is 19.9 Å². The highest BCUT2D eigenvalue weighted by molar-refractivity contribution is 9.10. The number of benzene rings is 1. The zero-order chi connectivity index (χ0) is 36.2. The molecule has 3 aliphatic heterocycles. The number of ether oxygens (including phenoxy) is 1. The average molecular weight is 777 g/mol. The first-order chi connectivity index (χ1) is 24.2. The van der Waals surface area contributed by atoms with Crippen LogP contribution in [0.4, 0.5) is 48.2 Å². The number of nitrogens with zero attached hydrogens (tertiary/aromatic N) is 7. The van der Waals surface area contributed by atoms with Crippen LogP contribution in [-0.4, -0.2) is 69.9 Å². The van der Waals surface area contributed by atoms with Gasteiger partial charge in [-0.1, -0.05) is 15.9 Å². The van der Waals surface area contributed by atoms with E-state index in [1.807, 2.05) is 0 Å². The van der Waals surface area contributed by atoms with Crippen LogP contribution in [-0.2, 0) is 17.1 Å². The minimum absolute atomic E-state index is 0.0902. The van der Waals surface area contributed by atoms with Gasteiger partial charge in [-0.15, -0.1) is 0 Å². The molecule has 1 N–H and O–H groups in total. The monoisotopic (exact) mass is 776 g/mol. The number of anilines is 3. The van der Waals surface area contributed by atoms with E-state index < -0.39 is 58.5 Å². The SMILES string of the molecule is O=C(Nc1cc(C2=Cc3cnc(N(C(=O)c4cc(C(F)(F)F)ccn4)C4COC4)nc3N3CCN=C23)c(Br)cc1F)c1cc(C(F)(F)F)ccn1. The molecule has 11 nitrogen and oxygen atoms in total. The topological polar surface area (TPSA) is 126 Å². The maximum atomic E-state index is 15.1. The number of amidine groups is 1. The van der Waals surface area contributed by atoms with E-state index in [2.05, 4.69) is 46.2 Å². The second-order valence-electron chi connectivity index (χ2n) is 11.4. The summed E-state index contributed by atoms with van der Waals surface area (Å²) in [5, 5.41) is 2.28. The van der Waals surface area contributed by atoms with Crippen LogP contribution in [0.2, 0.25) is 0 Å². The lowest BCUT2D eigenvalue weighted by molar-refractivity contribution is -0.138. The van der Waals surface area contributed by atoms with E-state index in [0.29, 0.717) is 59.6 Å². The van der Waals surface area contributed by atoms with E-state index in [-0.39, 0.29) is 29.3 Å². The highest BCUT2D eigenvalue weighted by Crippen LogP contribution is 2.40. The lowest BCUT2D eigenvalue weighted by Gasteiger charge is -2.36. The zero-order valence-corrected chi connectivity index (χ0v) is 27.1. The summed E-state index contributed by atoms with van der Waals surface area (Å²) in [4.78, 5) is 50.4. The second kappa shape index (κ2) is 12.8. The van der Waals surface area contributed by atoms with E-state index in [1.54, 1.807) is 11.0 Å². The molecule has 3 aromatic heterocycles. The number of hydrogen-bond donors (Lipinski definition) is 1. The van der Waals surface area contributed by atoms with Gasteiger partial charge in [0.15, 0.2) is 0 Å². The number of hydrogen-bond acceptors (Lipinski definition) is 9. The maximum absolute atomic E-state index is 15.1. The third kappa shape index (κ3) is 6.53. The number of carbonyl (C=O) groups excluding carboxylic acids is 2. The molecule has 0 unspecified atom stereocenters. The number of pyridine rings is 2. The fourth-order valence-electron chi connectivity index (χ4n) is 5.52. The number of aromatic nitrogens is 4. The van der Waals surface area contributed by atoms with Crippen molar-refractivity contribution in [2.75, 3.05) is 41.4 Å². The molecule has 0 bridgehead atoms. The summed E-state index contributed by atoms with van der Waals surface area (Å²) < 4.78 is 100. The van der Waals surface area contributed by atoms with Crippen LogP contribution in [0.15, 0.2) is 64.5 Å². The number of alkyl halides is 6. The summed E-state index contributed by atoms with van der Waals surface area (Å²) in [5.74, 6) is -2.21.